The fourth-order valence-corrected chi connectivity index (χ4v) is 3.46. The summed E-state index contributed by atoms with van der Waals surface area (Å²) in [5.74, 6) is -1.54. The molecule has 0 fully saturated rings. The summed E-state index contributed by atoms with van der Waals surface area (Å²) in [5.41, 5.74) is 1.23. The molecule has 3 aromatic rings. The molecular weight excluding hydrogens is 484 g/mol. The molecule has 0 saturated heterocycles. The average Bonchev–Trinajstić information content (AvgIpc) is 2.86. The Morgan fingerprint density at radius 1 is 0.921 bits per heavy atom. The fraction of sp³-hybridized carbons (Fsp3) is 0.207. The number of nitrogens with zero attached hydrogens (tertiary/aromatic N) is 2. The first-order valence-corrected chi connectivity index (χ1v) is 11.8. The molecule has 0 aliphatic carbocycles. The molecule has 38 heavy (non-hydrogen) atoms. The first kappa shape index (κ1) is 27.6. The average molecular weight is 513 g/mol. The Morgan fingerprint density at radius 2 is 1.55 bits per heavy atom. The number of hydrogen-bond acceptors (Lipinski definition) is 6. The molecule has 0 saturated carbocycles. The zero-order valence-electron chi connectivity index (χ0n) is 21.6. The second-order valence-corrected chi connectivity index (χ2v) is 9.19. The number of nitrogens with one attached hydrogen (secondary N) is 2. The molecule has 0 bridgehead atoms. The van der Waals surface area contributed by atoms with Crippen LogP contribution in [0.5, 0.6) is 5.75 Å². The molecule has 3 rings (SSSR count). The number of carbonyl (C=O) groups excluding carboxylic acids is 3. The largest absolute Gasteiger partial charge is 0.488 e. The lowest BCUT2D eigenvalue weighted by molar-refractivity contribution is -0.117. The lowest BCUT2D eigenvalue weighted by Gasteiger charge is -2.19. The van der Waals surface area contributed by atoms with Gasteiger partial charge in [0.05, 0.1) is 17.2 Å². The predicted octanol–water partition coefficient (Wildman–Crippen LogP) is 4.96. The van der Waals surface area contributed by atoms with E-state index in [4.69, 9.17) is 9.47 Å². The van der Waals surface area contributed by atoms with Gasteiger partial charge in [-0.3, -0.25) is 20.2 Å². The van der Waals surface area contributed by atoms with Crippen LogP contribution in [-0.2, 0) is 16.1 Å². The number of nitriles is 1. The molecular formula is C29H28N4O5. The predicted molar refractivity (Wildman–Crippen MR) is 142 cm³/mol. The van der Waals surface area contributed by atoms with Crippen molar-refractivity contribution in [2.75, 3.05) is 0 Å². The molecule has 194 valence electrons. The smallest absolute Gasteiger partial charge is 0.437 e. The number of aliphatic imine (C=N–C) groups is 1. The van der Waals surface area contributed by atoms with Gasteiger partial charge in [-0.25, -0.2) is 4.79 Å². The van der Waals surface area contributed by atoms with Crippen molar-refractivity contribution in [2.24, 2.45) is 4.99 Å². The summed E-state index contributed by atoms with van der Waals surface area (Å²) in [7, 11) is 0. The van der Waals surface area contributed by atoms with Crippen molar-refractivity contribution in [3.8, 4) is 22.9 Å². The number of hydrogen-bond donors (Lipinski definition) is 2. The van der Waals surface area contributed by atoms with E-state index in [1.54, 1.807) is 51.1 Å². The lowest BCUT2D eigenvalue weighted by atomic mass is 9.93. The minimum absolute atomic E-state index is 0.0356. The van der Waals surface area contributed by atoms with Crippen LogP contribution in [0, 0.1) is 11.3 Å². The van der Waals surface area contributed by atoms with Gasteiger partial charge < -0.3 is 9.47 Å². The maximum Gasteiger partial charge on any atom is 0.437 e. The monoisotopic (exact) mass is 512 g/mol. The second kappa shape index (κ2) is 12.3. The van der Waals surface area contributed by atoms with Crippen molar-refractivity contribution < 1.29 is 23.9 Å². The van der Waals surface area contributed by atoms with Gasteiger partial charge in [0.2, 0.25) is 11.9 Å². The van der Waals surface area contributed by atoms with Gasteiger partial charge in [0.15, 0.2) is 0 Å². The summed E-state index contributed by atoms with van der Waals surface area (Å²) in [6, 6.07) is 23.5. The molecule has 0 unspecified atom stereocenters. The first-order valence-electron chi connectivity index (χ1n) is 11.8. The van der Waals surface area contributed by atoms with Crippen LogP contribution in [0.1, 0.15) is 49.2 Å². The Bertz CT molecular complexity index is 1390. The van der Waals surface area contributed by atoms with Crippen molar-refractivity contribution in [1.29, 1.82) is 5.26 Å². The van der Waals surface area contributed by atoms with Gasteiger partial charge >= 0.3 is 6.09 Å². The van der Waals surface area contributed by atoms with Gasteiger partial charge in [0.25, 0.3) is 5.91 Å². The SMILES string of the molecule is CC(=O)N/C(=N/C(=O)OC(C)(C)C)NC(=O)c1c(OCc2ccccc2)ccc(C#N)c1-c1ccccc1. The number of guanidine groups is 1. The molecule has 0 heterocycles. The summed E-state index contributed by atoms with van der Waals surface area (Å²) in [6.07, 6.45) is -1.00. The third-order valence-corrected chi connectivity index (χ3v) is 4.94. The Morgan fingerprint density at radius 3 is 2.13 bits per heavy atom. The van der Waals surface area contributed by atoms with E-state index >= 15 is 0 Å². The molecule has 0 aliphatic rings. The van der Waals surface area contributed by atoms with E-state index in [-0.39, 0.29) is 23.5 Å². The number of carbonyl (C=O) groups is 3. The molecule has 0 radical (unpaired) electrons. The molecule has 0 aliphatic heterocycles. The summed E-state index contributed by atoms with van der Waals surface area (Å²) in [5, 5.41) is 14.7. The normalized spacial score (nSPS) is 11.2. The van der Waals surface area contributed by atoms with Gasteiger partial charge in [-0.1, -0.05) is 60.7 Å². The summed E-state index contributed by atoms with van der Waals surface area (Å²) in [4.78, 5) is 41.5. The third-order valence-electron chi connectivity index (χ3n) is 4.94. The standard InChI is InChI=1S/C29H28N4O5/c1-19(34)31-27(33-28(36)38-29(2,3)4)32-26(35)25-23(37-18-20-11-7-5-8-12-20)16-15-22(17-30)24(25)21-13-9-6-10-14-21/h5-16H,18H2,1-4H3,(H2,31,32,33,34,35,36). The molecule has 0 spiro atoms. The molecule has 9 heteroatoms. The summed E-state index contributed by atoms with van der Waals surface area (Å²) < 4.78 is 11.2. The van der Waals surface area contributed by atoms with E-state index in [1.807, 2.05) is 36.4 Å². The topological polar surface area (TPSA) is 130 Å². The maximum atomic E-state index is 13.7. The number of ether oxygens (including phenoxy) is 2. The zero-order valence-corrected chi connectivity index (χ0v) is 21.6. The number of benzene rings is 3. The lowest BCUT2D eigenvalue weighted by Crippen LogP contribution is -2.44. The van der Waals surface area contributed by atoms with Gasteiger partial charge in [0.1, 0.15) is 18.0 Å². The van der Waals surface area contributed by atoms with E-state index in [0.29, 0.717) is 11.1 Å². The van der Waals surface area contributed by atoms with E-state index in [0.717, 1.165) is 5.56 Å². The van der Waals surface area contributed by atoms with Crippen LogP contribution in [0.3, 0.4) is 0 Å². The van der Waals surface area contributed by atoms with Gasteiger partial charge in [-0.15, -0.1) is 4.99 Å². The summed E-state index contributed by atoms with van der Waals surface area (Å²) >= 11 is 0. The molecule has 0 aromatic heterocycles. The quantitative estimate of drug-likeness (QED) is 0.367. The second-order valence-electron chi connectivity index (χ2n) is 9.19. The highest BCUT2D eigenvalue weighted by atomic mass is 16.6. The van der Waals surface area contributed by atoms with Crippen LogP contribution >= 0.6 is 0 Å². The van der Waals surface area contributed by atoms with E-state index < -0.39 is 29.5 Å². The highest BCUT2D eigenvalue weighted by Crippen LogP contribution is 2.34. The van der Waals surface area contributed by atoms with Crippen molar-refractivity contribution >= 4 is 23.9 Å². The van der Waals surface area contributed by atoms with Crippen LogP contribution in [0.4, 0.5) is 4.79 Å². The van der Waals surface area contributed by atoms with Crippen molar-refractivity contribution in [2.45, 2.75) is 39.9 Å². The van der Waals surface area contributed by atoms with Gasteiger partial charge in [0, 0.05) is 12.5 Å². The number of rotatable bonds is 5. The van der Waals surface area contributed by atoms with Gasteiger partial charge in [-0.2, -0.15) is 5.26 Å². The summed E-state index contributed by atoms with van der Waals surface area (Å²) in [6.45, 7) is 6.34. The molecule has 9 nitrogen and oxygen atoms in total. The molecule has 3 aromatic carbocycles. The molecule has 3 amide bonds. The Hall–Kier alpha value is -4.97. The van der Waals surface area contributed by atoms with Gasteiger partial charge in [-0.05, 0) is 44.0 Å². The van der Waals surface area contributed by atoms with Crippen LogP contribution in [0.25, 0.3) is 11.1 Å². The van der Waals surface area contributed by atoms with E-state index in [9.17, 15) is 19.6 Å². The Labute approximate surface area is 221 Å². The van der Waals surface area contributed by atoms with Crippen LogP contribution in [0.15, 0.2) is 77.8 Å². The highest BCUT2D eigenvalue weighted by Gasteiger charge is 2.25. The first-order chi connectivity index (χ1) is 18.1. The van der Waals surface area contributed by atoms with E-state index in [2.05, 4.69) is 21.7 Å². The third kappa shape index (κ3) is 7.77. The van der Waals surface area contributed by atoms with Crippen molar-refractivity contribution in [1.82, 2.24) is 10.6 Å². The van der Waals surface area contributed by atoms with Crippen LogP contribution in [0.2, 0.25) is 0 Å². The minimum Gasteiger partial charge on any atom is -0.488 e. The highest BCUT2D eigenvalue weighted by molar-refractivity contribution is 6.15. The fourth-order valence-electron chi connectivity index (χ4n) is 3.46. The van der Waals surface area contributed by atoms with Crippen LogP contribution in [-0.4, -0.2) is 29.5 Å². The molecule has 0 atom stereocenters. The molecule has 2 N–H and O–H groups in total. The van der Waals surface area contributed by atoms with Crippen molar-refractivity contribution in [3.63, 3.8) is 0 Å². The maximum absolute atomic E-state index is 13.7. The van der Waals surface area contributed by atoms with Crippen LogP contribution < -0.4 is 15.4 Å². The zero-order chi connectivity index (χ0) is 27.7. The number of amides is 3. The van der Waals surface area contributed by atoms with Crippen molar-refractivity contribution in [3.05, 3.63) is 89.5 Å². The van der Waals surface area contributed by atoms with E-state index in [1.165, 1.54) is 13.0 Å². The Kier molecular flexibility index (Phi) is 8.95. The minimum atomic E-state index is -1.00. The Balaban J connectivity index is 2.09.